The van der Waals surface area contributed by atoms with Crippen LogP contribution in [0.25, 0.3) is 0 Å². The first-order valence-electron chi connectivity index (χ1n) is 3.34. The average molecular weight is 209 g/mol. The molecule has 0 unspecified atom stereocenters. The third kappa shape index (κ3) is 1.98. The number of anilines is 1. The van der Waals surface area contributed by atoms with E-state index in [0.717, 1.165) is 6.07 Å². The van der Waals surface area contributed by atoms with Crippen molar-refractivity contribution in [1.82, 2.24) is 4.98 Å². The highest BCUT2D eigenvalue weighted by molar-refractivity contribution is 6.33. The van der Waals surface area contributed by atoms with Crippen LogP contribution in [0.5, 0.6) is 5.88 Å². The van der Waals surface area contributed by atoms with Crippen molar-refractivity contribution in [3.8, 4) is 5.88 Å². The number of pyridine rings is 1. The Morgan fingerprint density at radius 1 is 1.62 bits per heavy atom. The molecule has 0 fully saturated rings. The summed E-state index contributed by atoms with van der Waals surface area (Å²) >= 11 is 5.56. The highest BCUT2D eigenvalue weighted by Crippen LogP contribution is 2.31. The summed E-state index contributed by atoms with van der Waals surface area (Å²) in [4.78, 5) is 3.47. The molecule has 0 atom stereocenters. The number of hydrogen-bond acceptors (Lipinski definition) is 3. The van der Waals surface area contributed by atoms with E-state index in [4.69, 9.17) is 17.3 Å². The minimum absolute atomic E-state index is 0.0159. The molecule has 3 nitrogen and oxygen atoms in total. The van der Waals surface area contributed by atoms with Gasteiger partial charge in [-0.15, -0.1) is 0 Å². The number of halogens is 3. The van der Waals surface area contributed by atoms with Gasteiger partial charge >= 0.3 is 0 Å². The molecule has 0 aliphatic rings. The summed E-state index contributed by atoms with van der Waals surface area (Å²) in [5.41, 5.74) is 5.01. The number of nitrogens with zero attached hydrogens (tertiary/aromatic N) is 1. The van der Waals surface area contributed by atoms with Gasteiger partial charge in [-0.1, -0.05) is 11.6 Å². The predicted octanol–water partition coefficient (Wildman–Crippen LogP) is 2.26. The fourth-order valence-corrected chi connectivity index (χ4v) is 0.980. The van der Waals surface area contributed by atoms with Crippen molar-refractivity contribution in [3.63, 3.8) is 0 Å². The molecule has 0 aromatic carbocycles. The zero-order valence-electron chi connectivity index (χ0n) is 6.72. The molecule has 0 bridgehead atoms. The molecule has 1 heterocycles. The zero-order valence-corrected chi connectivity index (χ0v) is 7.48. The van der Waals surface area contributed by atoms with E-state index < -0.39 is 12.1 Å². The van der Waals surface area contributed by atoms with E-state index in [2.05, 4.69) is 9.72 Å². The van der Waals surface area contributed by atoms with Gasteiger partial charge in [0, 0.05) is 0 Å². The monoisotopic (exact) mass is 208 g/mol. The third-order valence-electron chi connectivity index (χ3n) is 1.41. The van der Waals surface area contributed by atoms with E-state index in [0.29, 0.717) is 0 Å². The molecule has 0 amide bonds. The molecular formula is C7H7ClF2N2O. The van der Waals surface area contributed by atoms with Crippen LogP contribution in [0.15, 0.2) is 6.07 Å². The van der Waals surface area contributed by atoms with Gasteiger partial charge < -0.3 is 10.5 Å². The fourth-order valence-electron chi connectivity index (χ4n) is 0.787. The lowest BCUT2D eigenvalue weighted by atomic mass is 10.3. The van der Waals surface area contributed by atoms with Crippen LogP contribution in [0.2, 0.25) is 5.02 Å². The van der Waals surface area contributed by atoms with Gasteiger partial charge in [0.15, 0.2) is 0 Å². The molecule has 72 valence electrons. The van der Waals surface area contributed by atoms with Gasteiger partial charge in [0.05, 0.1) is 12.1 Å². The molecule has 0 spiro atoms. The molecule has 0 radical (unpaired) electrons. The molecule has 13 heavy (non-hydrogen) atoms. The normalized spacial score (nSPS) is 10.5. The lowest BCUT2D eigenvalue weighted by molar-refractivity contribution is 0.145. The van der Waals surface area contributed by atoms with Crippen molar-refractivity contribution >= 4 is 17.3 Å². The van der Waals surface area contributed by atoms with Gasteiger partial charge in [0.1, 0.15) is 11.4 Å². The van der Waals surface area contributed by atoms with Crippen LogP contribution >= 0.6 is 11.6 Å². The Labute approximate surface area is 78.5 Å². The Bertz CT molecular complexity index is 320. The van der Waals surface area contributed by atoms with E-state index in [1.54, 1.807) is 0 Å². The minimum atomic E-state index is -2.69. The van der Waals surface area contributed by atoms with Crippen LogP contribution in [-0.2, 0) is 0 Å². The standard InChI is InChI=1S/C7H7ClF2N2O/c1-13-7-5(11)3(8)2-4(12-7)6(9)10/h2,6H,11H2,1H3. The van der Waals surface area contributed by atoms with Crippen LogP contribution in [0.1, 0.15) is 12.1 Å². The van der Waals surface area contributed by atoms with Gasteiger partial charge in [0.2, 0.25) is 5.88 Å². The Balaban J connectivity index is 3.22. The lowest BCUT2D eigenvalue weighted by Gasteiger charge is -2.07. The van der Waals surface area contributed by atoms with Crippen molar-refractivity contribution in [2.24, 2.45) is 0 Å². The number of methoxy groups -OCH3 is 1. The second kappa shape index (κ2) is 3.74. The first-order valence-corrected chi connectivity index (χ1v) is 3.72. The van der Waals surface area contributed by atoms with Gasteiger partial charge in [-0.25, -0.2) is 13.8 Å². The van der Waals surface area contributed by atoms with E-state index in [9.17, 15) is 8.78 Å². The average Bonchev–Trinajstić information content (AvgIpc) is 2.09. The molecule has 0 saturated heterocycles. The maximum atomic E-state index is 12.2. The predicted molar refractivity (Wildman–Crippen MR) is 45.2 cm³/mol. The number of hydrogen-bond donors (Lipinski definition) is 1. The smallest absolute Gasteiger partial charge is 0.280 e. The molecule has 1 aromatic heterocycles. The Kier molecular flexibility index (Phi) is 2.87. The number of nitrogens with two attached hydrogens (primary N) is 1. The summed E-state index contributed by atoms with van der Waals surface area (Å²) in [5, 5.41) is 0.0159. The largest absolute Gasteiger partial charge is 0.479 e. The minimum Gasteiger partial charge on any atom is -0.479 e. The number of nitrogen functional groups attached to an aromatic ring is 1. The Hall–Kier alpha value is -1.10. The fraction of sp³-hybridized carbons (Fsp3) is 0.286. The maximum Gasteiger partial charge on any atom is 0.280 e. The summed E-state index contributed by atoms with van der Waals surface area (Å²) in [6.45, 7) is 0. The molecule has 6 heteroatoms. The number of rotatable bonds is 2. The summed E-state index contributed by atoms with van der Waals surface area (Å²) < 4.78 is 29.0. The van der Waals surface area contributed by atoms with Gasteiger partial charge in [-0.3, -0.25) is 0 Å². The van der Waals surface area contributed by atoms with Crippen molar-refractivity contribution in [2.45, 2.75) is 6.43 Å². The molecule has 2 N–H and O–H groups in total. The van der Waals surface area contributed by atoms with Crippen LogP contribution in [0.3, 0.4) is 0 Å². The number of aromatic nitrogens is 1. The number of alkyl halides is 2. The SMILES string of the molecule is COc1nc(C(F)F)cc(Cl)c1N. The molecule has 1 rings (SSSR count). The van der Waals surface area contributed by atoms with E-state index >= 15 is 0 Å². The lowest BCUT2D eigenvalue weighted by Crippen LogP contribution is -2.00. The van der Waals surface area contributed by atoms with Crippen LogP contribution in [0.4, 0.5) is 14.5 Å². The molecule has 0 saturated carbocycles. The van der Waals surface area contributed by atoms with Crippen molar-refractivity contribution in [2.75, 3.05) is 12.8 Å². The van der Waals surface area contributed by atoms with Crippen LogP contribution < -0.4 is 10.5 Å². The van der Waals surface area contributed by atoms with E-state index in [-0.39, 0.29) is 16.6 Å². The van der Waals surface area contributed by atoms with Crippen molar-refractivity contribution < 1.29 is 13.5 Å². The summed E-state index contributed by atoms with van der Waals surface area (Å²) in [7, 11) is 1.28. The zero-order chi connectivity index (χ0) is 10.0. The highest BCUT2D eigenvalue weighted by Gasteiger charge is 2.15. The highest BCUT2D eigenvalue weighted by atomic mass is 35.5. The second-order valence-corrected chi connectivity index (χ2v) is 2.66. The van der Waals surface area contributed by atoms with Crippen LogP contribution in [-0.4, -0.2) is 12.1 Å². The Morgan fingerprint density at radius 3 is 2.69 bits per heavy atom. The molecule has 0 aliphatic carbocycles. The summed E-state index contributed by atoms with van der Waals surface area (Å²) in [5.74, 6) is -0.0807. The molecular weight excluding hydrogens is 202 g/mol. The second-order valence-electron chi connectivity index (χ2n) is 2.25. The first kappa shape index (κ1) is 9.98. The maximum absolute atomic E-state index is 12.2. The van der Waals surface area contributed by atoms with Gasteiger partial charge in [0.25, 0.3) is 6.43 Å². The Morgan fingerprint density at radius 2 is 2.23 bits per heavy atom. The number of ether oxygens (including phenoxy) is 1. The van der Waals surface area contributed by atoms with Crippen LogP contribution in [0, 0.1) is 0 Å². The quantitative estimate of drug-likeness (QED) is 0.811. The van der Waals surface area contributed by atoms with E-state index in [1.807, 2.05) is 0 Å². The summed E-state index contributed by atoms with van der Waals surface area (Å²) in [6, 6.07) is 1.02. The van der Waals surface area contributed by atoms with Crippen molar-refractivity contribution in [3.05, 3.63) is 16.8 Å². The molecule has 1 aromatic rings. The molecule has 0 aliphatic heterocycles. The summed E-state index contributed by atoms with van der Waals surface area (Å²) in [6.07, 6.45) is -2.69. The van der Waals surface area contributed by atoms with Gasteiger partial charge in [-0.2, -0.15) is 0 Å². The topological polar surface area (TPSA) is 48.1 Å². The van der Waals surface area contributed by atoms with Crippen molar-refractivity contribution in [1.29, 1.82) is 0 Å². The van der Waals surface area contributed by atoms with Gasteiger partial charge in [-0.05, 0) is 6.07 Å². The first-order chi connectivity index (χ1) is 6.06. The van der Waals surface area contributed by atoms with E-state index in [1.165, 1.54) is 7.11 Å². The third-order valence-corrected chi connectivity index (χ3v) is 1.72.